The first-order valence-corrected chi connectivity index (χ1v) is 6.13. The van der Waals surface area contributed by atoms with Gasteiger partial charge in [-0.2, -0.15) is 5.26 Å². The van der Waals surface area contributed by atoms with Crippen LogP contribution >= 0.6 is 11.3 Å². The highest BCUT2D eigenvalue weighted by Crippen LogP contribution is 2.19. The van der Waals surface area contributed by atoms with Crippen molar-refractivity contribution in [3.8, 4) is 11.8 Å². The lowest BCUT2D eigenvalue weighted by Gasteiger charge is -2.05. The summed E-state index contributed by atoms with van der Waals surface area (Å²) in [7, 11) is 0. The van der Waals surface area contributed by atoms with Crippen molar-refractivity contribution >= 4 is 16.3 Å². The van der Waals surface area contributed by atoms with Gasteiger partial charge in [-0.1, -0.05) is 0 Å². The lowest BCUT2D eigenvalue weighted by Crippen LogP contribution is -2.00. The molecule has 3 aromatic heterocycles. The lowest BCUT2D eigenvalue weighted by atomic mass is 10.3. The molecule has 0 spiro atoms. The van der Waals surface area contributed by atoms with Crippen LogP contribution in [0.3, 0.4) is 0 Å². The summed E-state index contributed by atoms with van der Waals surface area (Å²) in [5.41, 5.74) is 1.49. The fraction of sp³-hybridized carbons (Fsp3) is 0.0833. The van der Waals surface area contributed by atoms with Crippen LogP contribution in [-0.4, -0.2) is 14.4 Å². The van der Waals surface area contributed by atoms with Crippen molar-refractivity contribution in [2.24, 2.45) is 0 Å². The molecule has 88 valence electrons. The number of thiazole rings is 1. The van der Waals surface area contributed by atoms with Gasteiger partial charge in [-0.25, -0.2) is 4.98 Å². The fourth-order valence-corrected chi connectivity index (χ4v) is 2.45. The first-order chi connectivity index (χ1) is 8.88. The summed E-state index contributed by atoms with van der Waals surface area (Å²) in [5.74, 6) is 0.500. The molecule has 3 aromatic rings. The second-order valence-electron chi connectivity index (χ2n) is 3.58. The van der Waals surface area contributed by atoms with Crippen molar-refractivity contribution in [3.63, 3.8) is 0 Å². The van der Waals surface area contributed by atoms with Crippen LogP contribution < -0.4 is 4.74 Å². The van der Waals surface area contributed by atoms with Gasteiger partial charge in [0.2, 0.25) is 0 Å². The Morgan fingerprint density at radius 3 is 3.28 bits per heavy atom. The number of hydrogen-bond donors (Lipinski definition) is 0. The number of aromatic nitrogens is 3. The minimum atomic E-state index is 0.386. The van der Waals surface area contributed by atoms with E-state index in [2.05, 4.69) is 16.0 Å². The Labute approximate surface area is 107 Å². The second kappa shape index (κ2) is 4.47. The van der Waals surface area contributed by atoms with E-state index in [0.29, 0.717) is 17.9 Å². The van der Waals surface area contributed by atoms with Gasteiger partial charge in [0.1, 0.15) is 12.7 Å². The molecule has 0 aromatic carbocycles. The van der Waals surface area contributed by atoms with Gasteiger partial charge in [0, 0.05) is 24.0 Å². The molecule has 0 aliphatic rings. The zero-order valence-corrected chi connectivity index (χ0v) is 10.1. The molecule has 6 heteroatoms. The van der Waals surface area contributed by atoms with Gasteiger partial charge >= 0.3 is 0 Å². The first kappa shape index (κ1) is 10.7. The third-order valence-electron chi connectivity index (χ3n) is 2.50. The Morgan fingerprint density at radius 1 is 1.44 bits per heavy atom. The topological polar surface area (TPSA) is 63.2 Å². The third-order valence-corrected chi connectivity index (χ3v) is 3.40. The second-order valence-corrected chi connectivity index (χ2v) is 4.42. The first-order valence-electron chi connectivity index (χ1n) is 5.25. The van der Waals surface area contributed by atoms with Gasteiger partial charge in [0.25, 0.3) is 0 Å². The largest absolute Gasteiger partial charge is 0.484 e. The van der Waals surface area contributed by atoms with E-state index in [9.17, 15) is 0 Å². The highest BCUT2D eigenvalue weighted by molar-refractivity contribution is 7.15. The maximum absolute atomic E-state index is 8.94. The Morgan fingerprint density at radius 2 is 2.39 bits per heavy atom. The van der Waals surface area contributed by atoms with Crippen LogP contribution in [0.25, 0.3) is 4.96 Å². The van der Waals surface area contributed by atoms with Gasteiger partial charge in [-0.3, -0.25) is 9.38 Å². The van der Waals surface area contributed by atoms with E-state index in [1.54, 1.807) is 36.0 Å². The predicted molar refractivity (Wildman–Crippen MR) is 66.4 cm³/mol. The lowest BCUT2D eigenvalue weighted by molar-refractivity contribution is 0.298. The normalized spacial score (nSPS) is 10.4. The molecule has 0 radical (unpaired) electrons. The van der Waals surface area contributed by atoms with Crippen molar-refractivity contribution < 1.29 is 4.74 Å². The molecule has 0 saturated carbocycles. The molecule has 0 bridgehead atoms. The van der Waals surface area contributed by atoms with Crippen LogP contribution in [0.1, 0.15) is 11.3 Å². The number of imidazole rings is 1. The summed E-state index contributed by atoms with van der Waals surface area (Å²) in [4.78, 5) is 9.07. The number of hydrogen-bond acceptors (Lipinski definition) is 5. The van der Waals surface area contributed by atoms with Gasteiger partial charge in [-0.05, 0) is 6.07 Å². The van der Waals surface area contributed by atoms with Crippen molar-refractivity contribution in [1.29, 1.82) is 5.26 Å². The quantitative estimate of drug-likeness (QED) is 0.721. The summed E-state index contributed by atoms with van der Waals surface area (Å²) in [5, 5.41) is 10.9. The smallest absolute Gasteiger partial charge is 0.193 e. The molecule has 0 saturated heterocycles. The molecule has 0 aliphatic heterocycles. The zero-order chi connectivity index (χ0) is 12.4. The van der Waals surface area contributed by atoms with Crippen molar-refractivity contribution in [2.75, 3.05) is 0 Å². The average Bonchev–Trinajstić information content (AvgIpc) is 3.00. The Kier molecular flexibility index (Phi) is 2.67. The molecular formula is C12H8N4OS. The SMILES string of the molecule is N#Cc1ccncc1OCc1csc2nccn12. The summed E-state index contributed by atoms with van der Waals surface area (Å²) in [6.07, 6.45) is 6.76. The summed E-state index contributed by atoms with van der Waals surface area (Å²) < 4.78 is 7.59. The monoisotopic (exact) mass is 256 g/mol. The summed E-state index contributed by atoms with van der Waals surface area (Å²) >= 11 is 1.56. The van der Waals surface area contributed by atoms with Crippen LogP contribution in [0.4, 0.5) is 0 Å². The van der Waals surface area contributed by atoms with E-state index in [1.165, 1.54) is 0 Å². The molecule has 0 atom stereocenters. The number of ether oxygens (including phenoxy) is 1. The van der Waals surface area contributed by atoms with Crippen LogP contribution in [-0.2, 0) is 6.61 Å². The number of pyridine rings is 1. The van der Waals surface area contributed by atoms with Crippen molar-refractivity contribution in [1.82, 2.24) is 14.4 Å². The highest BCUT2D eigenvalue weighted by atomic mass is 32.1. The maximum atomic E-state index is 8.94. The maximum Gasteiger partial charge on any atom is 0.193 e. The van der Waals surface area contributed by atoms with E-state index in [-0.39, 0.29) is 0 Å². The van der Waals surface area contributed by atoms with E-state index < -0.39 is 0 Å². The zero-order valence-electron chi connectivity index (χ0n) is 9.28. The minimum Gasteiger partial charge on any atom is -0.484 e. The van der Waals surface area contributed by atoms with Crippen molar-refractivity contribution in [3.05, 3.63) is 47.5 Å². The molecule has 0 fully saturated rings. The number of nitrogens with zero attached hydrogens (tertiary/aromatic N) is 4. The standard InChI is InChI=1S/C12H8N4OS/c13-5-9-1-2-14-6-11(9)17-7-10-8-18-12-15-3-4-16(10)12/h1-4,6,8H,7H2. The van der Waals surface area contributed by atoms with Gasteiger partial charge < -0.3 is 4.74 Å². The molecule has 0 amide bonds. The molecule has 0 N–H and O–H groups in total. The summed E-state index contributed by atoms with van der Waals surface area (Å²) in [6.45, 7) is 0.386. The van der Waals surface area contributed by atoms with Crippen LogP contribution in [0.2, 0.25) is 0 Å². The minimum absolute atomic E-state index is 0.386. The number of nitriles is 1. The number of fused-ring (bicyclic) bond motifs is 1. The average molecular weight is 256 g/mol. The molecule has 3 rings (SSSR count). The summed E-state index contributed by atoms with van der Waals surface area (Å²) in [6, 6.07) is 3.71. The molecule has 3 heterocycles. The predicted octanol–water partition coefficient (Wildman–Crippen LogP) is 2.24. The van der Waals surface area contributed by atoms with E-state index in [0.717, 1.165) is 10.7 Å². The third kappa shape index (κ3) is 1.81. The molecule has 0 unspecified atom stereocenters. The Bertz CT molecular complexity index is 725. The molecule has 5 nitrogen and oxygen atoms in total. The van der Waals surface area contributed by atoms with Crippen LogP contribution in [0.5, 0.6) is 5.75 Å². The Hall–Kier alpha value is -2.39. The molecule has 0 aliphatic carbocycles. The molecule has 18 heavy (non-hydrogen) atoms. The van der Waals surface area contributed by atoms with Crippen LogP contribution in [0, 0.1) is 11.3 Å². The van der Waals surface area contributed by atoms with E-state index in [1.807, 2.05) is 16.0 Å². The van der Waals surface area contributed by atoms with Crippen LogP contribution in [0.15, 0.2) is 36.2 Å². The van der Waals surface area contributed by atoms with E-state index >= 15 is 0 Å². The van der Waals surface area contributed by atoms with Gasteiger partial charge in [-0.15, -0.1) is 11.3 Å². The van der Waals surface area contributed by atoms with E-state index in [4.69, 9.17) is 10.00 Å². The molecular weight excluding hydrogens is 248 g/mol. The van der Waals surface area contributed by atoms with Crippen molar-refractivity contribution in [2.45, 2.75) is 6.61 Å². The van der Waals surface area contributed by atoms with Gasteiger partial charge in [0.15, 0.2) is 10.7 Å². The fourth-order valence-electron chi connectivity index (χ4n) is 1.62. The highest BCUT2D eigenvalue weighted by Gasteiger charge is 2.07. The Balaban J connectivity index is 1.83. The number of rotatable bonds is 3. The van der Waals surface area contributed by atoms with Gasteiger partial charge in [0.05, 0.1) is 17.5 Å².